The van der Waals surface area contributed by atoms with Gasteiger partial charge in [-0.05, 0) is 25.7 Å². The third-order valence-corrected chi connectivity index (χ3v) is 3.22. The van der Waals surface area contributed by atoms with Gasteiger partial charge in [-0.15, -0.1) is 0 Å². The van der Waals surface area contributed by atoms with E-state index in [0.717, 1.165) is 0 Å². The molecule has 4 atom stereocenters. The Morgan fingerprint density at radius 3 is 2.14 bits per heavy atom. The zero-order valence-electron chi connectivity index (χ0n) is 9.91. The summed E-state index contributed by atoms with van der Waals surface area (Å²) in [6.07, 6.45) is 1.02. The van der Waals surface area contributed by atoms with Gasteiger partial charge in [0.05, 0.1) is 12.2 Å². The molecule has 1 aliphatic heterocycles. The van der Waals surface area contributed by atoms with Crippen LogP contribution < -0.4 is 0 Å². The van der Waals surface area contributed by atoms with Crippen molar-refractivity contribution < 1.29 is 9.53 Å². The maximum absolute atomic E-state index is 11.9. The molecule has 1 heterocycles. The molecule has 0 saturated carbocycles. The Morgan fingerprint density at radius 1 is 1.21 bits per heavy atom. The lowest BCUT2D eigenvalue weighted by atomic mass is 9.83. The highest BCUT2D eigenvalue weighted by Gasteiger charge is 2.40. The van der Waals surface area contributed by atoms with Gasteiger partial charge in [0, 0.05) is 12.3 Å². The average molecular weight is 198 g/mol. The van der Waals surface area contributed by atoms with Crippen LogP contribution in [0.15, 0.2) is 0 Å². The first-order valence-electron chi connectivity index (χ1n) is 5.61. The SMILES string of the molecule is CC(C)CC(=O)C1C(C)OC(C)C1C. The van der Waals surface area contributed by atoms with Crippen LogP contribution in [-0.4, -0.2) is 18.0 Å². The molecule has 2 nitrogen and oxygen atoms in total. The Bertz CT molecular complexity index is 210. The van der Waals surface area contributed by atoms with Crippen LogP contribution >= 0.6 is 0 Å². The highest BCUT2D eigenvalue weighted by molar-refractivity contribution is 5.82. The summed E-state index contributed by atoms with van der Waals surface area (Å²) < 4.78 is 5.67. The van der Waals surface area contributed by atoms with Gasteiger partial charge >= 0.3 is 0 Å². The fourth-order valence-corrected chi connectivity index (χ4v) is 2.36. The lowest BCUT2D eigenvalue weighted by molar-refractivity contribution is -0.125. The van der Waals surface area contributed by atoms with Gasteiger partial charge in [-0.25, -0.2) is 0 Å². The number of rotatable bonds is 3. The van der Waals surface area contributed by atoms with Crippen LogP contribution in [0.4, 0.5) is 0 Å². The first kappa shape index (κ1) is 11.7. The van der Waals surface area contributed by atoms with Crippen molar-refractivity contribution >= 4 is 5.78 Å². The molecule has 0 N–H and O–H groups in total. The van der Waals surface area contributed by atoms with Crippen molar-refractivity contribution in [2.45, 2.75) is 53.2 Å². The summed E-state index contributed by atoms with van der Waals surface area (Å²) in [5.74, 6) is 1.32. The van der Waals surface area contributed by atoms with E-state index >= 15 is 0 Å². The Balaban J connectivity index is 2.62. The molecular formula is C12H22O2. The maximum atomic E-state index is 11.9. The van der Waals surface area contributed by atoms with Crippen molar-refractivity contribution in [2.24, 2.45) is 17.8 Å². The molecule has 1 rings (SSSR count). The van der Waals surface area contributed by atoms with E-state index in [0.29, 0.717) is 24.0 Å². The molecule has 0 bridgehead atoms. The Labute approximate surface area is 87.0 Å². The number of ketones is 1. The average Bonchev–Trinajstić information content (AvgIpc) is 2.25. The van der Waals surface area contributed by atoms with Crippen LogP contribution in [0.25, 0.3) is 0 Å². The van der Waals surface area contributed by atoms with Gasteiger partial charge in [0.15, 0.2) is 0 Å². The molecule has 0 amide bonds. The topological polar surface area (TPSA) is 26.3 Å². The maximum Gasteiger partial charge on any atom is 0.139 e. The lowest BCUT2D eigenvalue weighted by Crippen LogP contribution is -2.27. The summed E-state index contributed by atoms with van der Waals surface area (Å²) in [7, 11) is 0. The van der Waals surface area contributed by atoms with E-state index < -0.39 is 0 Å². The minimum Gasteiger partial charge on any atom is -0.375 e. The molecule has 1 aliphatic rings. The van der Waals surface area contributed by atoms with Crippen molar-refractivity contribution in [1.29, 1.82) is 0 Å². The molecule has 0 aliphatic carbocycles. The molecule has 1 fully saturated rings. The third-order valence-electron chi connectivity index (χ3n) is 3.22. The van der Waals surface area contributed by atoms with E-state index in [1.54, 1.807) is 0 Å². The van der Waals surface area contributed by atoms with Crippen LogP contribution in [0.1, 0.15) is 41.0 Å². The zero-order valence-corrected chi connectivity index (χ0v) is 9.91. The predicted octanol–water partition coefficient (Wildman–Crippen LogP) is 2.66. The molecule has 0 radical (unpaired) electrons. The minimum absolute atomic E-state index is 0.103. The molecule has 4 unspecified atom stereocenters. The second-order valence-corrected chi connectivity index (χ2v) is 5.00. The Morgan fingerprint density at radius 2 is 1.79 bits per heavy atom. The summed E-state index contributed by atoms with van der Waals surface area (Å²) >= 11 is 0. The van der Waals surface area contributed by atoms with Crippen molar-refractivity contribution in [3.05, 3.63) is 0 Å². The number of carbonyl (C=O) groups is 1. The quantitative estimate of drug-likeness (QED) is 0.697. The molecule has 14 heavy (non-hydrogen) atoms. The summed E-state index contributed by atoms with van der Waals surface area (Å²) in [5.41, 5.74) is 0. The smallest absolute Gasteiger partial charge is 0.139 e. The largest absolute Gasteiger partial charge is 0.375 e. The summed E-state index contributed by atoms with van der Waals surface area (Å²) in [5, 5.41) is 0. The molecular weight excluding hydrogens is 176 g/mol. The summed E-state index contributed by atoms with van der Waals surface area (Å²) in [6.45, 7) is 10.4. The van der Waals surface area contributed by atoms with Gasteiger partial charge in [-0.1, -0.05) is 20.8 Å². The minimum atomic E-state index is 0.103. The lowest BCUT2D eigenvalue weighted by Gasteiger charge is -2.17. The van der Waals surface area contributed by atoms with Crippen molar-refractivity contribution in [3.8, 4) is 0 Å². The van der Waals surface area contributed by atoms with Crippen LogP contribution in [0.5, 0.6) is 0 Å². The van der Waals surface area contributed by atoms with Gasteiger partial charge in [0.25, 0.3) is 0 Å². The monoisotopic (exact) mass is 198 g/mol. The first-order valence-corrected chi connectivity index (χ1v) is 5.61. The number of ether oxygens (including phenoxy) is 1. The van der Waals surface area contributed by atoms with E-state index in [-0.39, 0.29) is 18.1 Å². The first-order chi connectivity index (χ1) is 6.43. The van der Waals surface area contributed by atoms with E-state index in [9.17, 15) is 4.79 Å². The van der Waals surface area contributed by atoms with E-state index in [1.165, 1.54) is 0 Å². The fraction of sp³-hybridized carbons (Fsp3) is 0.917. The number of carbonyl (C=O) groups excluding carboxylic acids is 1. The second-order valence-electron chi connectivity index (χ2n) is 5.00. The number of Topliss-reactive ketones (excluding diaryl/α,β-unsaturated/α-hetero) is 1. The summed E-state index contributed by atoms with van der Waals surface area (Å²) in [6, 6.07) is 0. The summed E-state index contributed by atoms with van der Waals surface area (Å²) in [4.78, 5) is 11.9. The Kier molecular flexibility index (Phi) is 3.71. The van der Waals surface area contributed by atoms with E-state index in [2.05, 4.69) is 27.7 Å². The zero-order chi connectivity index (χ0) is 10.9. The molecule has 0 spiro atoms. The van der Waals surface area contributed by atoms with E-state index in [4.69, 9.17) is 4.74 Å². The molecule has 0 aromatic heterocycles. The van der Waals surface area contributed by atoms with Crippen LogP contribution in [0.2, 0.25) is 0 Å². The Hall–Kier alpha value is -0.370. The van der Waals surface area contributed by atoms with Crippen LogP contribution in [-0.2, 0) is 9.53 Å². The van der Waals surface area contributed by atoms with Crippen LogP contribution in [0, 0.1) is 17.8 Å². The van der Waals surface area contributed by atoms with Gasteiger partial charge in [0.2, 0.25) is 0 Å². The second kappa shape index (κ2) is 4.43. The van der Waals surface area contributed by atoms with Gasteiger partial charge in [-0.3, -0.25) is 4.79 Å². The number of hydrogen-bond donors (Lipinski definition) is 0. The molecule has 2 heteroatoms. The van der Waals surface area contributed by atoms with Gasteiger partial charge in [0.1, 0.15) is 5.78 Å². The fourth-order valence-electron chi connectivity index (χ4n) is 2.36. The van der Waals surface area contributed by atoms with Crippen molar-refractivity contribution in [2.75, 3.05) is 0 Å². The highest BCUT2D eigenvalue weighted by atomic mass is 16.5. The van der Waals surface area contributed by atoms with E-state index in [1.807, 2.05) is 6.92 Å². The predicted molar refractivity (Wildman–Crippen MR) is 57.1 cm³/mol. The molecule has 82 valence electrons. The normalized spacial score (nSPS) is 37.9. The molecule has 0 aromatic carbocycles. The highest BCUT2D eigenvalue weighted by Crippen LogP contribution is 2.33. The van der Waals surface area contributed by atoms with Gasteiger partial charge in [-0.2, -0.15) is 0 Å². The van der Waals surface area contributed by atoms with Crippen molar-refractivity contribution in [1.82, 2.24) is 0 Å². The molecule has 1 saturated heterocycles. The standard InChI is InChI=1S/C12H22O2/c1-7(2)6-11(13)12-8(3)9(4)14-10(12)5/h7-10,12H,6H2,1-5H3. The van der Waals surface area contributed by atoms with Gasteiger partial charge < -0.3 is 4.74 Å². The van der Waals surface area contributed by atoms with Crippen molar-refractivity contribution in [3.63, 3.8) is 0 Å². The molecule has 0 aromatic rings. The third kappa shape index (κ3) is 2.35. The van der Waals surface area contributed by atoms with Crippen LogP contribution in [0.3, 0.4) is 0 Å². The number of hydrogen-bond acceptors (Lipinski definition) is 2.